The highest BCUT2D eigenvalue weighted by Gasteiger charge is 2.34. The van der Waals surface area contributed by atoms with Gasteiger partial charge in [-0.2, -0.15) is 0 Å². The Morgan fingerprint density at radius 2 is 1.51 bits per heavy atom. The number of hydrogen-bond acceptors (Lipinski definition) is 0. The van der Waals surface area contributed by atoms with Crippen LogP contribution in [0.2, 0.25) is 0 Å². The minimum absolute atomic E-state index is 0.129. The van der Waals surface area contributed by atoms with E-state index in [0.717, 1.165) is 0 Å². The first-order chi connectivity index (χ1) is 18.0. The first kappa shape index (κ1) is 21.9. The molecule has 0 aliphatic heterocycles. The predicted octanol–water partition coefficient (Wildman–Crippen LogP) is 9.90. The third-order valence-electron chi connectivity index (χ3n) is 8.25. The van der Waals surface area contributed by atoms with Crippen molar-refractivity contribution in [2.45, 2.75) is 26.2 Å². The predicted molar refractivity (Wildman–Crippen MR) is 161 cm³/mol. The number of allylic oxidation sites excluding steroid dienone is 5. The monoisotopic (exact) mass is 475 g/mol. The lowest BCUT2D eigenvalue weighted by Crippen LogP contribution is -2.24. The highest BCUT2D eigenvalue weighted by Crippen LogP contribution is 2.50. The summed E-state index contributed by atoms with van der Waals surface area (Å²) in [6, 6.07) is 33.5. The molecule has 0 bridgehead atoms. The van der Waals surface area contributed by atoms with E-state index in [2.05, 4.69) is 141 Å². The minimum atomic E-state index is -0.129. The maximum Gasteiger partial charge on any atom is 0.0620 e. The zero-order valence-electron chi connectivity index (χ0n) is 21.5. The first-order valence-electron chi connectivity index (χ1n) is 13.0. The third-order valence-corrected chi connectivity index (χ3v) is 8.25. The minimum Gasteiger partial charge on any atom is -0.309 e. The summed E-state index contributed by atoms with van der Waals surface area (Å²) in [5, 5.41) is 7.70. The first-order valence-corrected chi connectivity index (χ1v) is 13.0. The van der Waals surface area contributed by atoms with Gasteiger partial charge in [-0.1, -0.05) is 105 Å². The lowest BCUT2D eigenvalue weighted by molar-refractivity contribution is 0.644. The molecule has 0 amide bonds. The molecule has 6 aromatic rings. The van der Waals surface area contributed by atoms with Gasteiger partial charge in [0.25, 0.3) is 0 Å². The Morgan fingerprint density at radius 3 is 2.32 bits per heavy atom. The summed E-state index contributed by atoms with van der Waals surface area (Å²) in [7, 11) is 0. The van der Waals surface area contributed by atoms with Gasteiger partial charge in [-0.15, -0.1) is 0 Å². The van der Waals surface area contributed by atoms with E-state index >= 15 is 0 Å². The molecular weight excluding hydrogens is 446 g/mol. The van der Waals surface area contributed by atoms with Crippen LogP contribution < -0.4 is 0 Å². The van der Waals surface area contributed by atoms with E-state index in [1.165, 1.54) is 71.3 Å². The lowest BCUT2D eigenvalue weighted by atomic mass is 9.68. The van der Waals surface area contributed by atoms with Crippen molar-refractivity contribution in [1.29, 1.82) is 0 Å². The summed E-state index contributed by atoms with van der Waals surface area (Å²) in [6.45, 7) is 11.0. The maximum atomic E-state index is 4.27. The second-order valence-corrected chi connectivity index (χ2v) is 10.6. The molecule has 0 saturated carbocycles. The van der Waals surface area contributed by atoms with Crippen molar-refractivity contribution in [2.75, 3.05) is 0 Å². The zero-order chi connectivity index (χ0) is 25.3. The molecule has 0 unspecified atom stereocenters. The van der Waals surface area contributed by atoms with Gasteiger partial charge >= 0.3 is 0 Å². The molecule has 0 atom stereocenters. The molecular formula is C36H29N. The molecule has 0 N–H and O–H groups in total. The summed E-state index contributed by atoms with van der Waals surface area (Å²) < 4.78 is 2.46. The van der Waals surface area contributed by atoms with Crippen LogP contribution in [0, 0.1) is 0 Å². The summed E-state index contributed by atoms with van der Waals surface area (Å²) in [5.41, 5.74) is 8.76. The van der Waals surface area contributed by atoms with Crippen molar-refractivity contribution in [3.8, 4) is 5.69 Å². The molecule has 5 aromatic carbocycles. The molecule has 7 rings (SSSR count). The van der Waals surface area contributed by atoms with Gasteiger partial charge < -0.3 is 4.57 Å². The lowest BCUT2D eigenvalue weighted by Gasteiger charge is -2.35. The average molecular weight is 476 g/mol. The Morgan fingerprint density at radius 1 is 0.757 bits per heavy atom. The van der Waals surface area contributed by atoms with Crippen molar-refractivity contribution in [3.63, 3.8) is 0 Å². The van der Waals surface area contributed by atoms with E-state index in [1.807, 2.05) is 0 Å². The Balaban J connectivity index is 1.71. The second-order valence-electron chi connectivity index (χ2n) is 10.6. The average Bonchev–Trinajstić information content (AvgIpc) is 3.26. The highest BCUT2D eigenvalue weighted by molar-refractivity contribution is 6.22. The Labute approximate surface area is 217 Å². The number of para-hydroxylation sites is 1. The van der Waals surface area contributed by atoms with Gasteiger partial charge in [0, 0.05) is 27.3 Å². The number of benzene rings is 5. The number of hydrogen-bond donors (Lipinski definition) is 0. The van der Waals surface area contributed by atoms with Gasteiger partial charge in [0.15, 0.2) is 0 Å². The normalized spacial score (nSPS) is 15.0. The summed E-state index contributed by atoms with van der Waals surface area (Å²) in [6.07, 6.45) is 6.47. The second kappa shape index (κ2) is 7.82. The van der Waals surface area contributed by atoms with Crippen LogP contribution >= 0.6 is 0 Å². The van der Waals surface area contributed by atoms with E-state index < -0.39 is 0 Å². The molecule has 1 aromatic heterocycles. The fraction of sp³-hybridized carbons (Fsp3) is 0.111. The van der Waals surface area contributed by atoms with Crippen LogP contribution in [0.5, 0.6) is 0 Å². The van der Waals surface area contributed by atoms with Crippen LogP contribution in [0.15, 0.2) is 121 Å². The van der Waals surface area contributed by atoms with Crippen LogP contribution in [0.3, 0.4) is 0 Å². The van der Waals surface area contributed by atoms with Gasteiger partial charge in [0.05, 0.1) is 11.0 Å². The van der Waals surface area contributed by atoms with Crippen molar-refractivity contribution in [1.82, 2.24) is 4.57 Å². The van der Waals surface area contributed by atoms with E-state index in [-0.39, 0.29) is 5.41 Å². The van der Waals surface area contributed by atoms with Gasteiger partial charge in [0.2, 0.25) is 0 Å². The molecule has 0 fully saturated rings. The van der Waals surface area contributed by atoms with Gasteiger partial charge in [-0.3, -0.25) is 0 Å². The van der Waals surface area contributed by atoms with E-state index in [1.54, 1.807) is 0 Å². The van der Waals surface area contributed by atoms with Gasteiger partial charge in [-0.25, -0.2) is 0 Å². The van der Waals surface area contributed by atoms with Crippen LogP contribution in [0.25, 0.3) is 54.6 Å². The van der Waals surface area contributed by atoms with Crippen LogP contribution in [-0.4, -0.2) is 4.57 Å². The quantitative estimate of drug-likeness (QED) is 0.240. The Bertz CT molecular complexity index is 1970. The Hall–Kier alpha value is -4.36. The van der Waals surface area contributed by atoms with E-state index in [4.69, 9.17) is 0 Å². The Kier molecular flexibility index (Phi) is 4.62. The van der Waals surface area contributed by atoms with Crippen LogP contribution in [0.4, 0.5) is 0 Å². The van der Waals surface area contributed by atoms with Crippen molar-refractivity contribution in [2.24, 2.45) is 0 Å². The molecule has 1 aliphatic rings. The van der Waals surface area contributed by atoms with E-state index in [9.17, 15) is 0 Å². The van der Waals surface area contributed by atoms with Crippen molar-refractivity contribution in [3.05, 3.63) is 133 Å². The summed E-state index contributed by atoms with van der Waals surface area (Å²) >= 11 is 0. The van der Waals surface area contributed by atoms with Crippen molar-refractivity contribution < 1.29 is 0 Å². The molecule has 0 radical (unpaired) electrons. The fourth-order valence-electron chi connectivity index (χ4n) is 6.56. The number of nitrogens with zero attached hydrogens (tertiary/aromatic N) is 1. The zero-order valence-corrected chi connectivity index (χ0v) is 21.5. The molecule has 1 heteroatoms. The van der Waals surface area contributed by atoms with Crippen molar-refractivity contribution >= 4 is 48.9 Å². The largest absolute Gasteiger partial charge is 0.309 e. The van der Waals surface area contributed by atoms with Crippen LogP contribution in [0.1, 0.15) is 31.9 Å². The third kappa shape index (κ3) is 2.92. The fourth-order valence-corrected chi connectivity index (χ4v) is 6.56. The summed E-state index contributed by atoms with van der Waals surface area (Å²) in [4.78, 5) is 0. The molecule has 1 nitrogen and oxygen atoms in total. The maximum absolute atomic E-state index is 4.27. The molecule has 37 heavy (non-hydrogen) atoms. The summed E-state index contributed by atoms with van der Waals surface area (Å²) in [5.74, 6) is 0. The standard InChI is InChI=1S/C36H29N/c1-5-12-31-26(6-2)29-22-30-27-15-9-10-18-33(27)37(25-20-19-23-13-7-8-14-24(23)21-25)35(30)28-16-11-17-32(34(28)29)36(31,3)4/h5-22H,2H2,1,3-4H3/b12-5-. The van der Waals surface area contributed by atoms with Crippen LogP contribution in [-0.2, 0) is 5.41 Å². The highest BCUT2D eigenvalue weighted by atomic mass is 15.0. The number of rotatable bonds is 3. The number of aromatic nitrogens is 1. The SMILES string of the molecule is C=CC1=C(/C=C\C)C(C)(C)c2cccc3c2c1cc1c2ccccc2n(-c2ccc4ccccc4c2)c31. The topological polar surface area (TPSA) is 4.93 Å². The van der Waals surface area contributed by atoms with E-state index in [0.29, 0.717) is 0 Å². The molecule has 1 aliphatic carbocycles. The molecule has 178 valence electrons. The molecule has 0 spiro atoms. The van der Waals surface area contributed by atoms with Gasteiger partial charge in [0.1, 0.15) is 0 Å². The number of fused-ring (bicyclic) bond motifs is 5. The smallest absolute Gasteiger partial charge is 0.0620 e. The molecule has 0 saturated heterocycles. The van der Waals surface area contributed by atoms with Gasteiger partial charge in [-0.05, 0) is 69.6 Å². The molecule has 1 heterocycles.